The van der Waals surface area contributed by atoms with E-state index < -0.39 is 5.82 Å². The lowest BCUT2D eigenvalue weighted by molar-refractivity contribution is -0.124. The van der Waals surface area contributed by atoms with Gasteiger partial charge >= 0.3 is 0 Å². The molecule has 1 atom stereocenters. The maximum atomic E-state index is 12.9. The van der Waals surface area contributed by atoms with Crippen LogP contribution in [0.25, 0.3) is 0 Å². The van der Waals surface area contributed by atoms with Crippen molar-refractivity contribution < 1.29 is 23.8 Å². The number of carbonyl (C=O) groups is 1. The first-order chi connectivity index (χ1) is 9.56. The average molecular weight is 350 g/mol. The SMILES string of the molecule is COCC(CCO)NC(=O)COc1ccc(F)cc1Br. The predicted molar refractivity (Wildman–Crippen MR) is 75.1 cm³/mol. The van der Waals surface area contributed by atoms with Crippen LogP contribution in [0.2, 0.25) is 0 Å². The van der Waals surface area contributed by atoms with Gasteiger partial charge in [0.2, 0.25) is 0 Å². The highest BCUT2D eigenvalue weighted by atomic mass is 79.9. The summed E-state index contributed by atoms with van der Waals surface area (Å²) < 4.78 is 23.5. The van der Waals surface area contributed by atoms with Gasteiger partial charge in [0.05, 0.1) is 17.1 Å². The number of amides is 1. The lowest BCUT2D eigenvalue weighted by atomic mass is 10.2. The van der Waals surface area contributed by atoms with Gasteiger partial charge in [-0.2, -0.15) is 0 Å². The van der Waals surface area contributed by atoms with Gasteiger partial charge in [0.25, 0.3) is 5.91 Å². The summed E-state index contributed by atoms with van der Waals surface area (Å²) in [6.45, 7) is 0.0705. The van der Waals surface area contributed by atoms with Gasteiger partial charge in [-0.3, -0.25) is 4.79 Å². The Bertz CT molecular complexity index is 438. The quantitative estimate of drug-likeness (QED) is 0.745. The number of carbonyl (C=O) groups excluding carboxylic acids is 1. The highest BCUT2D eigenvalue weighted by Gasteiger charge is 2.13. The van der Waals surface area contributed by atoms with Gasteiger partial charge in [0, 0.05) is 13.7 Å². The van der Waals surface area contributed by atoms with E-state index in [0.717, 1.165) is 0 Å². The van der Waals surface area contributed by atoms with E-state index in [2.05, 4.69) is 21.2 Å². The van der Waals surface area contributed by atoms with E-state index in [9.17, 15) is 9.18 Å². The normalized spacial score (nSPS) is 12.0. The highest BCUT2D eigenvalue weighted by molar-refractivity contribution is 9.10. The summed E-state index contributed by atoms with van der Waals surface area (Å²) >= 11 is 3.15. The molecular weight excluding hydrogens is 333 g/mol. The van der Waals surface area contributed by atoms with Crippen LogP contribution in [-0.2, 0) is 9.53 Å². The van der Waals surface area contributed by atoms with E-state index >= 15 is 0 Å². The average Bonchev–Trinajstić information content (AvgIpc) is 2.38. The van der Waals surface area contributed by atoms with Crippen molar-refractivity contribution >= 4 is 21.8 Å². The van der Waals surface area contributed by atoms with Crippen molar-refractivity contribution in [1.82, 2.24) is 5.32 Å². The monoisotopic (exact) mass is 349 g/mol. The van der Waals surface area contributed by atoms with Gasteiger partial charge in [-0.25, -0.2) is 4.39 Å². The third kappa shape index (κ3) is 5.85. The molecule has 7 heteroatoms. The Kier molecular flexibility index (Phi) is 7.50. The van der Waals surface area contributed by atoms with Crippen LogP contribution in [0, 0.1) is 5.82 Å². The molecule has 5 nitrogen and oxygen atoms in total. The fraction of sp³-hybridized carbons (Fsp3) is 0.462. The Balaban J connectivity index is 2.45. The van der Waals surface area contributed by atoms with Crippen molar-refractivity contribution in [1.29, 1.82) is 0 Å². The first kappa shape index (κ1) is 16.9. The van der Waals surface area contributed by atoms with Crippen molar-refractivity contribution in [3.8, 4) is 5.75 Å². The number of hydrogen-bond donors (Lipinski definition) is 2. The van der Waals surface area contributed by atoms with Gasteiger partial charge in [-0.1, -0.05) is 0 Å². The number of rotatable bonds is 8. The lowest BCUT2D eigenvalue weighted by Gasteiger charge is -2.17. The van der Waals surface area contributed by atoms with Gasteiger partial charge in [-0.05, 0) is 40.5 Å². The van der Waals surface area contributed by atoms with Crippen LogP contribution in [0.15, 0.2) is 22.7 Å². The van der Waals surface area contributed by atoms with Crippen molar-refractivity contribution in [2.75, 3.05) is 26.9 Å². The van der Waals surface area contributed by atoms with E-state index in [1.807, 2.05) is 0 Å². The zero-order valence-corrected chi connectivity index (χ0v) is 12.7. The molecule has 0 aromatic heterocycles. The summed E-state index contributed by atoms with van der Waals surface area (Å²) in [6, 6.07) is 3.68. The van der Waals surface area contributed by atoms with Crippen LogP contribution in [0.5, 0.6) is 5.75 Å². The molecule has 1 aromatic rings. The van der Waals surface area contributed by atoms with Gasteiger partial charge in [0.15, 0.2) is 6.61 Å². The Hall–Kier alpha value is -1.18. The second kappa shape index (κ2) is 8.89. The Morgan fingerprint density at radius 1 is 1.55 bits per heavy atom. The highest BCUT2D eigenvalue weighted by Crippen LogP contribution is 2.25. The molecular formula is C13H17BrFNO4. The lowest BCUT2D eigenvalue weighted by Crippen LogP contribution is -2.41. The van der Waals surface area contributed by atoms with E-state index in [1.54, 1.807) is 0 Å². The number of ether oxygens (including phenoxy) is 2. The van der Waals surface area contributed by atoms with E-state index in [0.29, 0.717) is 23.2 Å². The fourth-order valence-corrected chi connectivity index (χ4v) is 2.02. The van der Waals surface area contributed by atoms with Crippen LogP contribution < -0.4 is 10.1 Å². The van der Waals surface area contributed by atoms with Crippen molar-refractivity contribution in [2.45, 2.75) is 12.5 Å². The largest absolute Gasteiger partial charge is 0.483 e. The molecule has 1 amide bonds. The van der Waals surface area contributed by atoms with Gasteiger partial charge < -0.3 is 19.9 Å². The summed E-state index contributed by atoms with van der Waals surface area (Å²) in [7, 11) is 1.52. The topological polar surface area (TPSA) is 67.8 Å². The fourth-order valence-electron chi connectivity index (χ4n) is 1.56. The minimum atomic E-state index is -0.392. The van der Waals surface area contributed by atoms with Crippen molar-refractivity contribution in [3.05, 3.63) is 28.5 Å². The molecule has 1 rings (SSSR count). The van der Waals surface area contributed by atoms with Crippen molar-refractivity contribution in [3.63, 3.8) is 0 Å². The summed E-state index contributed by atoms with van der Waals surface area (Å²) in [6.07, 6.45) is 0.403. The number of halogens is 2. The van der Waals surface area contributed by atoms with Crippen LogP contribution in [0.1, 0.15) is 6.42 Å². The number of aliphatic hydroxyl groups excluding tert-OH is 1. The second-order valence-corrected chi connectivity index (χ2v) is 4.95. The smallest absolute Gasteiger partial charge is 0.258 e. The third-order valence-electron chi connectivity index (χ3n) is 2.46. The maximum Gasteiger partial charge on any atom is 0.258 e. The molecule has 0 aliphatic heterocycles. The number of hydrogen-bond acceptors (Lipinski definition) is 4. The molecule has 1 unspecified atom stereocenters. The van der Waals surface area contributed by atoms with E-state index in [4.69, 9.17) is 14.6 Å². The molecule has 0 aliphatic carbocycles. The summed E-state index contributed by atoms with van der Waals surface area (Å²) in [5.74, 6) is -0.347. The Morgan fingerprint density at radius 2 is 2.30 bits per heavy atom. The molecule has 0 heterocycles. The van der Waals surface area contributed by atoms with E-state index in [-0.39, 0.29) is 25.2 Å². The van der Waals surface area contributed by atoms with Crippen molar-refractivity contribution in [2.24, 2.45) is 0 Å². The Labute approximate surface area is 125 Å². The number of benzene rings is 1. The van der Waals surface area contributed by atoms with Crippen LogP contribution in [-0.4, -0.2) is 44.0 Å². The summed E-state index contributed by atoms with van der Waals surface area (Å²) in [5.41, 5.74) is 0. The third-order valence-corrected chi connectivity index (χ3v) is 3.08. The van der Waals surface area contributed by atoms with E-state index in [1.165, 1.54) is 25.3 Å². The molecule has 20 heavy (non-hydrogen) atoms. The molecule has 0 radical (unpaired) electrons. The maximum absolute atomic E-state index is 12.9. The van der Waals surface area contributed by atoms with Crippen LogP contribution >= 0.6 is 15.9 Å². The molecule has 0 bridgehead atoms. The number of nitrogens with one attached hydrogen (secondary N) is 1. The van der Waals surface area contributed by atoms with Crippen LogP contribution in [0.3, 0.4) is 0 Å². The second-order valence-electron chi connectivity index (χ2n) is 4.10. The molecule has 112 valence electrons. The molecule has 0 saturated carbocycles. The molecule has 0 fully saturated rings. The zero-order chi connectivity index (χ0) is 15.0. The molecule has 0 saturated heterocycles. The predicted octanol–water partition coefficient (Wildman–Crippen LogP) is 1.48. The van der Waals surface area contributed by atoms with Gasteiger partial charge in [0.1, 0.15) is 11.6 Å². The molecule has 2 N–H and O–H groups in total. The minimum absolute atomic E-state index is 0.0430. The van der Waals surface area contributed by atoms with Crippen LogP contribution in [0.4, 0.5) is 4.39 Å². The molecule has 1 aromatic carbocycles. The summed E-state index contributed by atoms with van der Waals surface area (Å²) in [5, 5.41) is 11.5. The summed E-state index contributed by atoms with van der Waals surface area (Å²) in [4.78, 5) is 11.7. The number of aliphatic hydroxyl groups is 1. The zero-order valence-electron chi connectivity index (χ0n) is 11.1. The standard InChI is InChI=1S/C13H17BrFNO4/c1-19-7-10(4-5-17)16-13(18)8-20-12-3-2-9(15)6-11(12)14/h2-3,6,10,17H,4-5,7-8H2,1H3,(H,16,18). The first-order valence-electron chi connectivity index (χ1n) is 6.03. The first-order valence-corrected chi connectivity index (χ1v) is 6.83. The Morgan fingerprint density at radius 3 is 2.90 bits per heavy atom. The molecule has 0 aliphatic rings. The van der Waals surface area contributed by atoms with Gasteiger partial charge in [-0.15, -0.1) is 0 Å². The number of methoxy groups -OCH3 is 1. The molecule has 0 spiro atoms. The minimum Gasteiger partial charge on any atom is -0.483 e.